The summed E-state index contributed by atoms with van der Waals surface area (Å²) in [4.78, 5) is 23.5. The lowest BCUT2D eigenvalue weighted by Gasteiger charge is -2.28. The minimum atomic E-state index is -0.951. The number of aromatic nitrogens is 4. The van der Waals surface area contributed by atoms with Gasteiger partial charge in [-0.1, -0.05) is 0 Å². The van der Waals surface area contributed by atoms with Crippen LogP contribution in [0.3, 0.4) is 0 Å². The summed E-state index contributed by atoms with van der Waals surface area (Å²) < 4.78 is 0. The van der Waals surface area contributed by atoms with Gasteiger partial charge in [0.25, 0.3) is 0 Å². The van der Waals surface area contributed by atoms with Crippen molar-refractivity contribution < 1.29 is 9.90 Å². The Morgan fingerprint density at radius 1 is 1.42 bits per heavy atom. The Bertz CT molecular complexity index is 960. The summed E-state index contributed by atoms with van der Waals surface area (Å²) in [7, 11) is 0. The van der Waals surface area contributed by atoms with E-state index in [1.807, 2.05) is 26.8 Å². The highest BCUT2D eigenvalue weighted by atomic mass is 32.1. The van der Waals surface area contributed by atoms with Gasteiger partial charge in [-0.25, -0.2) is 14.8 Å². The molecule has 0 fully saturated rings. The molecule has 0 atom stereocenters. The third-order valence-electron chi connectivity index (χ3n) is 4.39. The molecule has 4 heterocycles. The van der Waals surface area contributed by atoms with Crippen LogP contribution in [-0.2, 0) is 12.1 Å². The van der Waals surface area contributed by atoms with Crippen LogP contribution in [0.1, 0.15) is 30.0 Å². The maximum atomic E-state index is 11.5. The lowest BCUT2D eigenvalue weighted by atomic mass is 10.0. The fourth-order valence-electron chi connectivity index (χ4n) is 3.11. The van der Waals surface area contributed by atoms with E-state index < -0.39 is 11.6 Å². The van der Waals surface area contributed by atoms with Gasteiger partial charge in [-0.15, -0.1) is 11.3 Å². The van der Waals surface area contributed by atoms with Gasteiger partial charge < -0.3 is 10.4 Å². The molecule has 0 spiro atoms. The van der Waals surface area contributed by atoms with Crippen molar-refractivity contribution in [2.75, 3.05) is 5.32 Å². The molecule has 1 aliphatic rings. The van der Waals surface area contributed by atoms with Gasteiger partial charge in [0.05, 0.1) is 23.2 Å². The fourth-order valence-corrected chi connectivity index (χ4v) is 3.96. The lowest BCUT2D eigenvalue weighted by molar-refractivity contribution is 0.0978. The van der Waals surface area contributed by atoms with E-state index >= 15 is 0 Å². The molecular formula is C15H16N6O2S. The first kappa shape index (κ1) is 14.9. The number of aryl methyl sites for hydroxylation is 1. The molecule has 8 nitrogen and oxygen atoms in total. The van der Waals surface area contributed by atoms with Crippen LogP contribution in [0.25, 0.3) is 10.2 Å². The van der Waals surface area contributed by atoms with Crippen LogP contribution in [-0.4, -0.2) is 36.3 Å². The van der Waals surface area contributed by atoms with Crippen molar-refractivity contribution in [1.82, 2.24) is 25.1 Å². The van der Waals surface area contributed by atoms with E-state index in [2.05, 4.69) is 25.5 Å². The number of carboxylic acid groups (broad SMARTS) is 1. The second kappa shape index (κ2) is 4.91. The van der Waals surface area contributed by atoms with Crippen molar-refractivity contribution >= 4 is 39.3 Å². The minimum absolute atomic E-state index is 0.285. The third-order valence-corrected chi connectivity index (χ3v) is 5.35. The standard InChI is InChI=1S/C15H16N6O2S/c1-7-4-8-11(16-6-17-13(8)24-7)18-12-9-5-21(14(22)23)15(2,3)10(9)19-20-12/h4,6H,5H2,1-3H3,(H,22,23)(H2,16,17,18,19,20). The Labute approximate surface area is 141 Å². The van der Waals surface area contributed by atoms with E-state index in [1.54, 1.807) is 11.3 Å². The zero-order chi connectivity index (χ0) is 17.1. The van der Waals surface area contributed by atoms with Gasteiger partial charge in [0.2, 0.25) is 0 Å². The number of thiophene rings is 1. The van der Waals surface area contributed by atoms with Crippen LogP contribution in [0.4, 0.5) is 16.4 Å². The molecular weight excluding hydrogens is 328 g/mol. The van der Waals surface area contributed by atoms with Crippen LogP contribution in [0.5, 0.6) is 0 Å². The van der Waals surface area contributed by atoms with Gasteiger partial charge in [-0.2, -0.15) is 5.10 Å². The van der Waals surface area contributed by atoms with Crippen LogP contribution >= 0.6 is 11.3 Å². The second-order valence-corrected chi connectivity index (χ2v) is 7.51. The Morgan fingerprint density at radius 3 is 2.96 bits per heavy atom. The highest BCUT2D eigenvalue weighted by Crippen LogP contribution is 2.41. The maximum Gasteiger partial charge on any atom is 0.408 e. The molecule has 0 radical (unpaired) electrons. The fraction of sp³-hybridized carbons (Fsp3) is 0.333. The average Bonchev–Trinajstić information content (AvgIpc) is 3.14. The third kappa shape index (κ3) is 2.04. The van der Waals surface area contributed by atoms with E-state index in [0.717, 1.165) is 26.4 Å². The normalized spacial score (nSPS) is 15.7. The van der Waals surface area contributed by atoms with Crippen LogP contribution in [0.15, 0.2) is 12.4 Å². The molecule has 3 aromatic heterocycles. The lowest BCUT2D eigenvalue weighted by Crippen LogP contribution is -2.39. The zero-order valence-electron chi connectivity index (χ0n) is 13.4. The van der Waals surface area contributed by atoms with E-state index in [1.165, 1.54) is 11.2 Å². The van der Waals surface area contributed by atoms with Crippen LogP contribution in [0.2, 0.25) is 0 Å². The monoisotopic (exact) mass is 344 g/mol. The predicted molar refractivity (Wildman–Crippen MR) is 90.6 cm³/mol. The summed E-state index contributed by atoms with van der Waals surface area (Å²) in [5.41, 5.74) is 1.01. The molecule has 9 heteroatoms. The highest BCUT2D eigenvalue weighted by molar-refractivity contribution is 7.18. The SMILES string of the molecule is Cc1cc2c(Nc3n[nH]c4c3CN(C(=O)O)C4(C)C)ncnc2s1. The van der Waals surface area contributed by atoms with Gasteiger partial charge in [0, 0.05) is 10.4 Å². The number of carbonyl (C=O) groups is 1. The van der Waals surface area contributed by atoms with E-state index in [-0.39, 0.29) is 6.54 Å². The maximum absolute atomic E-state index is 11.5. The predicted octanol–water partition coefficient (Wildman–Crippen LogP) is 3.20. The number of nitrogens with zero attached hydrogens (tertiary/aromatic N) is 4. The van der Waals surface area contributed by atoms with Gasteiger partial charge in [0.1, 0.15) is 17.0 Å². The van der Waals surface area contributed by atoms with Crippen molar-refractivity contribution in [2.24, 2.45) is 0 Å². The number of hydrogen-bond acceptors (Lipinski definition) is 6. The quantitative estimate of drug-likeness (QED) is 0.659. The molecule has 3 aromatic rings. The molecule has 1 amide bonds. The molecule has 0 saturated carbocycles. The largest absolute Gasteiger partial charge is 0.465 e. The number of hydrogen-bond donors (Lipinski definition) is 3. The minimum Gasteiger partial charge on any atom is -0.465 e. The average molecular weight is 344 g/mol. The van der Waals surface area contributed by atoms with Crippen LogP contribution < -0.4 is 5.32 Å². The zero-order valence-corrected chi connectivity index (χ0v) is 14.2. The van der Waals surface area contributed by atoms with Gasteiger partial charge >= 0.3 is 6.09 Å². The summed E-state index contributed by atoms with van der Waals surface area (Å²) >= 11 is 1.60. The van der Waals surface area contributed by atoms with Gasteiger partial charge in [-0.05, 0) is 26.8 Å². The Hall–Kier alpha value is -2.68. The molecule has 124 valence electrons. The first-order valence-corrected chi connectivity index (χ1v) is 8.26. The number of amides is 1. The summed E-state index contributed by atoms with van der Waals surface area (Å²) in [6, 6.07) is 2.03. The summed E-state index contributed by atoms with van der Waals surface area (Å²) in [6.07, 6.45) is 0.564. The summed E-state index contributed by atoms with van der Waals surface area (Å²) in [6.45, 7) is 6.03. The van der Waals surface area contributed by atoms with E-state index in [0.29, 0.717) is 11.6 Å². The number of nitrogens with one attached hydrogen (secondary N) is 2. The van der Waals surface area contributed by atoms with Gasteiger partial charge in [0.15, 0.2) is 5.82 Å². The molecule has 24 heavy (non-hydrogen) atoms. The molecule has 4 rings (SSSR count). The van der Waals surface area contributed by atoms with E-state index in [9.17, 15) is 9.90 Å². The highest BCUT2D eigenvalue weighted by Gasteiger charge is 2.43. The summed E-state index contributed by atoms with van der Waals surface area (Å²) in [5, 5.41) is 20.9. The second-order valence-electron chi connectivity index (χ2n) is 6.28. The number of aromatic amines is 1. The molecule has 3 N–H and O–H groups in total. The molecule has 1 aliphatic heterocycles. The first-order valence-electron chi connectivity index (χ1n) is 7.44. The molecule has 0 bridgehead atoms. The van der Waals surface area contributed by atoms with Crippen molar-refractivity contribution in [3.05, 3.63) is 28.5 Å². The Morgan fingerprint density at radius 2 is 2.21 bits per heavy atom. The Balaban J connectivity index is 1.74. The van der Waals surface area contributed by atoms with Crippen molar-refractivity contribution in [3.63, 3.8) is 0 Å². The van der Waals surface area contributed by atoms with Gasteiger partial charge in [-0.3, -0.25) is 10.00 Å². The Kier molecular flexibility index (Phi) is 3.04. The van der Waals surface area contributed by atoms with Crippen molar-refractivity contribution in [1.29, 1.82) is 0 Å². The van der Waals surface area contributed by atoms with Crippen molar-refractivity contribution in [3.8, 4) is 0 Å². The molecule has 0 aliphatic carbocycles. The molecule has 0 saturated heterocycles. The van der Waals surface area contributed by atoms with Crippen LogP contribution in [0, 0.1) is 6.92 Å². The van der Waals surface area contributed by atoms with E-state index in [4.69, 9.17) is 0 Å². The number of H-pyrrole nitrogens is 1. The molecule has 0 unspecified atom stereocenters. The molecule has 0 aromatic carbocycles. The smallest absolute Gasteiger partial charge is 0.408 e. The first-order chi connectivity index (χ1) is 11.4. The topological polar surface area (TPSA) is 107 Å². The summed E-state index contributed by atoms with van der Waals surface area (Å²) in [5.74, 6) is 1.27. The van der Waals surface area contributed by atoms with Crippen molar-refractivity contribution in [2.45, 2.75) is 32.9 Å². The number of anilines is 2. The number of rotatable bonds is 2. The number of fused-ring (bicyclic) bond motifs is 2.